The van der Waals surface area contributed by atoms with Gasteiger partial charge >= 0.3 is 5.97 Å². The maximum atomic E-state index is 12.9. The first-order valence-corrected chi connectivity index (χ1v) is 6.46. The van der Waals surface area contributed by atoms with Crippen molar-refractivity contribution in [3.05, 3.63) is 59.9 Å². The highest BCUT2D eigenvalue weighted by Gasteiger charge is 2.13. The van der Waals surface area contributed by atoms with Crippen molar-refractivity contribution in [1.29, 1.82) is 0 Å². The van der Waals surface area contributed by atoms with Crippen LogP contribution in [-0.4, -0.2) is 23.2 Å². The maximum absolute atomic E-state index is 12.9. The zero-order valence-corrected chi connectivity index (χ0v) is 11.6. The average Bonchev–Trinajstić information content (AvgIpc) is 3.05. The van der Waals surface area contributed by atoms with Gasteiger partial charge in [-0.25, -0.2) is 9.18 Å². The molecule has 6 heteroatoms. The summed E-state index contributed by atoms with van der Waals surface area (Å²) in [5.74, 6) is -0.165. The van der Waals surface area contributed by atoms with E-state index in [1.807, 2.05) is 0 Å². The third-order valence-electron chi connectivity index (χ3n) is 3.06. The number of hydrogen-bond acceptors (Lipinski definition) is 5. The Balaban J connectivity index is 1.94. The summed E-state index contributed by atoms with van der Waals surface area (Å²) in [4.78, 5) is 15.8. The van der Waals surface area contributed by atoms with E-state index in [1.54, 1.807) is 36.4 Å². The Bertz CT molecular complexity index is 812. The molecular formula is C16H11FN2O3. The monoisotopic (exact) mass is 298 g/mol. The molecule has 5 nitrogen and oxygen atoms in total. The van der Waals surface area contributed by atoms with E-state index in [0.29, 0.717) is 22.5 Å². The quantitative estimate of drug-likeness (QED) is 0.694. The van der Waals surface area contributed by atoms with Crippen LogP contribution in [0.5, 0.6) is 0 Å². The van der Waals surface area contributed by atoms with Crippen LogP contribution in [0.15, 0.2) is 53.1 Å². The molecular weight excluding hydrogens is 287 g/mol. The summed E-state index contributed by atoms with van der Waals surface area (Å²) < 4.78 is 22.8. The second-order valence-corrected chi connectivity index (χ2v) is 4.50. The third kappa shape index (κ3) is 2.71. The van der Waals surface area contributed by atoms with Crippen LogP contribution in [-0.2, 0) is 4.74 Å². The molecule has 1 heterocycles. The highest BCUT2D eigenvalue weighted by Crippen LogP contribution is 2.23. The van der Waals surface area contributed by atoms with Gasteiger partial charge in [-0.1, -0.05) is 17.3 Å². The van der Waals surface area contributed by atoms with Gasteiger partial charge < -0.3 is 9.26 Å². The van der Waals surface area contributed by atoms with Crippen LogP contribution in [0.25, 0.3) is 22.8 Å². The minimum Gasteiger partial charge on any atom is -0.465 e. The van der Waals surface area contributed by atoms with E-state index in [1.165, 1.54) is 19.2 Å². The number of nitrogens with zero attached hydrogens (tertiary/aromatic N) is 2. The second kappa shape index (κ2) is 5.77. The SMILES string of the molecule is COC(=O)c1cccc(-c2noc(-c3ccc(F)cc3)n2)c1. The molecule has 0 fully saturated rings. The van der Waals surface area contributed by atoms with Crippen molar-refractivity contribution >= 4 is 5.97 Å². The van der Waals surface area contributed by atoms with Crippen LogP contribution >= 0.6 is 0 Å². The average molecular weight is 298 g/mol. The maximum Gasteiger partial charge on any atom is 0.337 e. The van der Waals surface area contributed by atoms with Crippen molar-refractivity contribution in [1.82, 2.24) is 10.1 Å². The molecule has 0 saturated carbocycles. The normalized spacial score (nSPS) is 10.5. The van der Waals surface area contributed by atoms with E-state index in [-0.39, 0.29) is 11.7 Å². The predicted molar refractivity (Wildman–Crippen MR) is 76.5 cm³/mol. The Morgan fingerprint density at radius 3 is 2.64 bits per heavy atom. The van der Waals surface area contributed by atoms with E-state index in [2.05, 4.69) is 14.9 Å². The summed E-state index contributed by atoms with van der Waals surface area (Å²) in [6.07, 6.45) is 0. The van der Waals surface area contributed by atoms with E-state index < -0.39 is 5.97 Å². The molecule has 0 unspecified atom stereocenters. The minimum atomic E-state index is -0.441. The van der Waals surface area contributed by atoms with Crippen LogP contribution in [0.1, 0.15) is 10.4 Å². The largest absolute Gasteiger partial charge is 0.465 e. The molecule has 0 amide bonds. The van der Waals surface area contributed by atoms with Crippen LogP contribution in [0.2, 0.25) is 0 Å². The lowest BCUT2D eigenvalue weighted by atomic mass is 10.1. The Labute approximate surface area is 125 Å². The Morgan fingerprint density at radius 2 is 1.91 bits per heavy atom. The number of methoxy groups -OCH3 is 1. The van der Waals surface area contributed by atoms with Gasteiger partial charge in [0.15, 0.2) is 0 Å². The molecule has 0 bridgehead atoms. The van der Waals surface area contributed by atoms with Crippen LogP contribution in [0.4, 0.5) is 4.39 Å². The topological polar surface area (TPSA) is 65.2 Å². The molecule has 0 aliphatic heterocycles. The van der Waals surface area contributed by atoms with Gasteiger partial charge in [-0.3, -0.25) is 0 Å². The smallest absolute Gasteiger partial charge is 0.337 e. The number of aromatic nitrogens is 2. The Morgan fingerprint density at radius 1 is 1.14 bits per heavy atom. The molecule has 0 atom stereocenters. The number of rotatable bonds is 3. The molecule has 2 aromatic carbocycles. The number of benzene rings is 2. The fraction of sp³-hybridized carbons (Fsp3) is 0.0625. The van der Waals surface area contributed by atoms with Gasteiger partial charge in [0.25, 0.3) is 5.89 Å². The summed E-state index contributed by atoms with van der Waals surface area (Å²) >= 11 is 0. The predicted octanol–water partition coefficient (Wildman–Crippen LogP) is 3.33. The standard InChI is InChI=1S/C16H11FN2O3/c1-21-16(20)12-4-2-3-11(9-12)14-18-15(22-19-14)10-5-7-13(17)8-6-10/h2-9H,1H3. The molecule has 1 aromatic heterocycles. The van der Waals surface area contributed by atoms with Gasteiger partial charge in [0.1, 0.15) is 5.82 Å². The molecule has 0 saturated heterocycles. The molecule has 0 aliphatic carbocycles. The molecule has 0 spiro atoms. The van der Waals surface area contributed by atoms with Crippen molar-refractivity contribution in [2.45, 2.75) is 0 Å². The first kappa shape index (κ1) is 13.9. The Hall–Kier alpha value is -3.02. The van der Waals surface area contributed by atoms with Crippen molar-refractivity contribution < 1.29 is 18.4 Å². The second-order valence-electron chi connectivity index (χ2n) is 4.50. The fourth-order valence-corrected chi connectivity index (χ4v) is 1.95. The number of ether oxygens (including phenoxy) is 1. The van der Waals surface area contributed by atoms with E-state index >= 15 is 0 Å². The van der Waals surface area contributed by atoms with Gasteiger partial charge in [-0.15, -0.1) is 0 Å². The highest BCUT2D eigenvalue weighted by molar-refractivity contribution is 5.90. The summed E-state index contributed by atoms with van der Waals surface area (Å²) in [5, 5.41) is 3.88. The van der Waals surface area contributed by atoms with E-state index in [9.17, 15) is 9.18 Å². The molecule has 0 radical (unpaired) electrons. The number of carbonyl (C=O) groups excluding carboxylic acids is 1. The van der Waals surface area contributed by atoms with Crippen LogP contribution in [0.3, 0.4) is 0 Å². The summed E-state index contributed by atoms with van der Waals surface area (Å²) in [6, 6.07) is 12.5. The summed E-state index contributed by atoms with van der Waals surface area (Å²) in [5.41, 5.74) is 1.64. The van der Waals surface area contributed by atoms with E-state index in [4.69, 9.17) is 4.52 Å². The third-order valence-corrected chi connectivity index (χ3v) is 3.06. The number of hydrogen-bond donors (Lipinski definition) is 0. The van der Waals surface area contributed by atoms with E-state index in [0.717, 1.165) is 0 Å². The zero-order chi connectivity index (χ0) is 15.5. The first-order chi connectivity index (χ1) is 10.7. The summed E-state index contributed by atoms with van der Waals surface area (Å²) in [7, 11) is 1.32. The molecule has 0 N–H and O–H groups in total. The fourth-order valence-electron chi connectivity index (χ4n) is 1.95. The lowest BCUT2D eigenvalue weighted by molar-refractivity contribution is 0.0601. The zero-order valence-electron chi connectivity index (χ0n) is 11.6. The van der Waals surface area contributed by atoms with Crippen LogP contribution < -0.4 is 0 Å². The van der Waals surface area contributed by atoms with Gasteiger partial charge in [0.2, 0.25) is 5.82 Å². The number of esters is 1. The molecule has 0 aliphatic rings. The van der Waals surface area contributed by atoms with Crippen molar-refractivity contribution in [2.75, 3.05) is 7.11 Å². The minimum absolute atomic E-state index is 0.276. The Kier molecular flexibility index (Phi) is 3.65. The van der Waals surface area contributed by atoms with Gasteiger partial charge in [-0.2, -0.15) is 4.98 Å². The van der Waals surface area contributed by atoms with Crippen molar-refractivity contribution in [3.8, 4) is 22.8 Å². The van der Waals surface area contributed by atoms with Crippen LogP contribution in [0, 0.1) is 5.82 Å². The van der Waals surface area contributed by atoms with Crippen molar-refractivity contribution in [2.24, 2.45) is 0 Å². The first-order valence-electron chi connectivity index (χ1n) is 6.46. The number of carbonyl (C=O) groups is 1. The molecule has 3 rings (SSSR count). The molecule has 110 valence electrons. The van der Waals surface area contributed by atoms with Gasteiger partial charge in [0.05, 0.1) is 12.7 Å². The lowest BCUT2D eigenvalue weighted by Gasteiger charge is -2.00. The van der Waals surface area contributed by atoms with Gasteiger partial charge in [0, 0.05) is 11.1 Å². The number of halogens is 1. The van der Waals surface area contributed by atoms with Crippen molar-refractivity contribution in [3.63, 3.8) is 0 Å². The summed E-state index contributed by atoms with van der Waals surface area (Å²) in [6.45, 7) is 0. The lowest BCUT2D eigenvalue weighted by Crippen LogP contribution is -2.00. The molecule has 3 aromatic rings. The van der Waals surface area contributed by atoms with Gasteiger partial charge in [-0.05, 0) is 36.4 Å². The molecule has 22 heavy (non-hydrogen) atoms. The highest BCUT2D eigenvalue weighted by atomic mass is 19.1.